The van der Waals surface area contributed by atoms with Gasteiger partial charge in [-0.3, -0.25) is 9.59 Å². The lowest BCUT2D eigenvalue weighted by Gasteiger charge is -2.39. The molecule has 3 aliphatic rings. The molecule has 3 heterocycles. The summed E-state index contributed by atoms with van der Waals surface area (Å²) in [7, 11) is 0. The molecule has 0 aliphatic carbocycles. The van der Waals surface area contributed by atoms with Crippen molar-refractivity contribution in [2.24, 2.45) is 5.92 Å². The molecule has 0 aromatic carbocycles. The molecule has 3 N–H and O–H groups in total. The third kappa shape index (κ3) is 11.2. The third-order valence-electron chi connectivity index (χ3n) is 7.78. The fraction of sp³-hybridized carbons (Fsp3) is 0.710. The normalized spacial score (nSPS) is 32.6. The first-order chi connectivity index (χ1) is 19.5. The molecular formula is C31H49N3O7. The van der Waals surface area contributed by atoms with E-state index in [0.29, 0.717) is 13.1 Å². The van der Waals surface area contributed by atoms with Crippen LogP contribution < -0.4 is 16.0 Å². The Morgan fingerprint density at radius 3 is 2.54 bits per heavy atom. The predicted octanol–water partition coefficient (Wildman–Crippen LogP) is 3.71. The van der Waals surface area contributed by atoms with Crippen LogP contribution in [0, 0.1) is 5.92 Å². The van der Waals surface area contributed by atoms with Gasteiger partial charge in [-0.05, 0) is 52.0 Å². The molecule has 230 valence electrons. The van der Waals surface area contributed by atoms with Crippen LogP contribution in [-0.2, 0) is 28.5 Å². The average Bonchev–Trinajstić information content (AvgIpc) is 3.66. The smallest absolute Gasteiger partial charge is 0.314 e. The molecule has 3 amide bonds. The second-order valence-corrected chi connectivity index (χ2v) is 11.7. The molecule has 0 saturated carbocycles. The maximum absolute atomic E-state index is 12.4. The van der Waals surface area contributed by atoms with Gasteiger partial charge in [0.05, 0.1) is 42.7 Å². The van der Waals surface area contributed by atoms with Gasteiger partial charge in [0, 0.05) is 38.9 Å². The minimum absolute atomic E-state index is 0.0596. The van der Waals surface area contributed by atoms with E-state index in [1.165, 1.54) is 13.0 Å². The predicted molar refractivity (Wildman–Crippen MR) is 156 cm³/mol. The molecule has 3 aliphatic heterocycles. The van der Waals surface area contributed by atoms with Gasteiger partial charge in [0.15, 0.2) is 0 Å². The Bertz CT molecular complexity index is 990. The van der Waals surface area contributed by atoms with E-state index in [1.807, 2.05) is 13.8 Å². The van der Waals surface area contributed by atoms with Gasteiger partial charge in [-0.15, -0.1) is 0 Å². The van der Waals surface area contributed by atoms with Crippen LogP contribution >= 0.6 is 0 Å². The lowest BCUT2D eigenvalue weighted by atomic mass is 9.88. The number of ether oxygens (including phenoxy) is 4. The summed E-state index contributed by atoms with van der Waals surface area (Å²) in [5, 5.41) is 8.76. The average molecular weight is 576 g/mol. The zero-order valence-electron chi connectivity index (χ0n) is 25.4. The summed E-state index contributed by atoms with van der Waals surface area (Å²) in [5.74, 6) is -0.339. The van der Waals surface area contributed by atoms with Crippen LogP contribution in [0.4, 0.5) is 4.79 Å². The highest BCUT2D eigenvalue weighted by molar-refractivity contribution is 5.87. The highest BCUT2D eigenvalue weighted by Gasteiger charge is 2.51. The minimum atomic E-state index is -0.458. The van der Waals surface area contributed by atoms with Crippen LogP contribution in [0.25, 0.3) is 0 Å². The number of allylic oxidation sites excluding steroid dienone is 2. The van der Waals surface area contributed by atoms with E-state index in [9.17, 15) is 14.4 Å². The molecule has 3 saturated heterocycles. The Morgan fingerprint density at radius 1 is 1.10 bits per heavy atom. The number of carbonyl (C=O) groups is 3. The Hall–Kier alpha value is -2.69. The van der Waals surface area contributed by atoms with E-state index in [4.69, 9.17) is 18.9 Å². The molecule has 3 rings (SSSR count). The number of carbonyl (C=O) groups excluding carboxylic acids is 3. The summed E-state index contributed by atoms with van der Waals surface area (Å²) >= 11 is 0. The number of esters is 1. The van der Waals surface area contributed by atoms with Gasteiger partial charge in [0.25, 0.3) is 0 Å². The van der Waals surface area contributed by atoms with Gasteiger partial charge in [0.1, 0.15) is 6.10 Å². The second kappa shape index (κ2) is 15.5. The van der Waals surface area contributed by atoms with Gasteiger partial charge in [-0.25, -0.2) is 4.79 Å². The Kier molecular flexibility index (Phi) is 12.4. The molecule has 1 spiro atoms. The molecule has 8 atom stereocenters. The topological polar surface area (TPSA) is 128 Å². The van der Waals surface area contributed by atoms with Crippen molar-refractivity contribution >= 4 is 17.9 Å². The molecule has 0 bridgehead atoms. The fourth-order valence-corrected chi connectivity index (χ4v) is 5.38. The Labute approximate surface area is 244 Å². The van der Waals surface area contributed by atoms with Crippen molar-refractivity contribution < 1.29 is 33.3 Å². The minimum Gasteiger partial charge on any atom is -0.459 e. The molecule has 10 nitrogen and oxygen atoms in total. The Balaban J connectivity index is 1.45. The van der Waals surface area contributed by atoms with Crippen LogP contribution in [0.2, 0.25) is 0 Å². The molecule has 0 aromatic rings. The van der Waals surface area contributed by atoms with Crippen molar-refractivity contribution in [3.8, 4) is 0 Å². The molecular weight excluding hydrogens is 526 g/mol. The first-order valence-corrected chi connectivity index (χ1v) is 15.0. The summed E-state index contributed by atoms with van der Waals surface area (Å²) in [4.78, 5) is 35.3. The number of epoxide rings is 1. The van der Waals surface area contributed by atoms with E-state index in [1.54, 1.807) is 13.0 Å². The summed E-state index contributed by atoms with van der Waals surface area (Å²) in [6.07, 6.45) is 12.8. The van der Waals surface area contributed by atoms with Gasteiger partial charge in [-0.2, -0.15) is 0 Å². The third-order valence-corrected chi connectivity index (χ3v) is 7.78. The van der Waals surface area contributed by atoms with Crippen LogP contribution in [-0.4, -0.2) is 79.8 Å². The van der Waals surface area contributed by atoms with Crippen LogP contribution in [0.5, 0.6) is 0 Å². The molecule has 41 heavy (non-hydrogen) atoms. The van der Waals surface area contributed by atoms with E-state index in [-0.39, 0.29) is 59.9 Å². The van der Waals surface area contributed by atoms with Crippen molar-refractivity contribution in [2.75, 3.05) is 19.7 Å². The SMILES string of the molecule is CCCNC(=O)NC[C@@H]1C[C@@]2(CO2)C[C@@H](/C=C/C(C)=C/C[C@@H]2O[C@H](C)[C@H](NC(=O)/C=C\C(C)OC(C)=O)C[C@@H]2C)O1. The zero-order chi connectivity index (χ0) is 30.0. The number of rotatable bonds is 12. The molecule has 1 unspecified atom stereocenters. The molecule has 0 radical (unpaired) electrons. The van der Waals surface area contributed by atoms with Crippen molar-refractivity contribution in [3.63, 3.8) is 0 Å². The number of amides is 3. The quantitative estimate of drug-likeness (QED) is 0.140. The van der Waals surface area contributed by atoms with E-state index >= 15 is 0 Å². The second-order valence-electron chi connectivity index (χ2n) is 11.7. The van der Waals surface area contributed by atoms with Crippen LogP contribution in [0.3, 0.4) is 0 Å². The van der Waals surface area contributed by atoms with Crippen molar-refractivity contribution in [1.29, 1.82) is 0 Å². The summed E-state index contributed by atoms with van der Waals surface area (Å²) in [6, 6.07) is -0.254. The maximum atomic E-state index is 12.4. The summed E-state index contributed by atoms with van der Waals surface area (Å²) in [6.45, 7) is 13.1. The largest absolute Gasteiger partial charge is 0.459 e. The monoisotopic (exact) mass is 575 g/mol. The summed E-state index contributed by atoms with van der Waals surface area (Å²) in [5.41, 5.74) is 1.01. The molecule has 10 heteroatoms. The lowest BCUT2D eigenvalue weighted by molar-refractivity contribution is -0.143. The lowest BCUT2D eigenvalue weighted by Crippen LogP contribution is -2.50. The maximum Gasteiger partial charge on any atom is 0.314 e. The van der Waals surface area contributed by atoms with E-state index < -0.39 is 6.10 Å². The van der Waals surface area contributed by atoms with Gasteiger partial charge >= 0.3 is 12.0 Å². The van der Waals surface area contributed by atoms with Gasteiger partial charge in [-0.1, -0.05) is 37.6 Å². The van der Waals surface area contributed by atoms with Crippen molar-refractivity contribution in [2.45, 2.75) is 116 Å². The van der Waals surface area contributed by atoms with Crippen molar-refractivity contribution in [1.82, 2.24) is 16.0 Å². The standard InChI is InChI=1S/C31H49N3O7/c1-7-14-32-30(37)33-18-26-17-31(19-38-31)16-25(41-26)11-8-20(2)9-12-28-21(3)15-27(23(5)40-28)34-29(36)13-10-22(4)39-24(6)35/h8-11,13,21-23,25-28H,7,12,14-19H2,1-6H3,(H,34,36)(H2,32,33,37)/b11-8+,13-10-,20-9+/t21-,22?,23+,25+,26-,27+,28-,31+/m0/s1. The number of urea groups is 1. The van der Waals surface area contributed by atoms with E-state index in [2.05, 4.69) is 48.0 Å². The molecule has 0 aromatic heterocycles. The zero-order valence-corrected chi connectivity index (χ0v) is 25.4. The van der Waals surface area contributed by atoms with Gasteiger partial charge < -0.3 is 34.9 Å². The fourth-order valence-electron chi connectivity index (χ4n) is 5.38. The van der Waals surface area contributed by atoms with Gasteiger partial charge in [0.2, 0.25) is 5.91 Å². The van der Waals surface area contributed by atoms with Crippen LogP contribution in [0.1, 0.15) is 73.6 Å². The van der Waals surface area contributed by atoms with Crippen LogP contribution in [0.15, 0.2) is 36.0 Å². The first kappa shape index (κ1) is 32.8. The first-order valence-electron chi connectivity index (χ1n) is 15.0. The number of nitrogens with one attached hydrogen (secondary N) is 3. The number of hydrogen-bond donors (Lipinski definition) is 3. The van der Waals surface area contributed by atoms with E-state index in [0.717, 1.165) is 44.3 Å². The number of hydrogen-bond acceptors (Lipinski definition) is 7. The Morgan fingerprint density at radius 2 is 1.85 bits per heavy atom. The van der Waals surface area contributed by atoms with Crippen molar-refractivity contribution in [3.05, 3.63) is 36.0 Å². The summed E-state index contributed by atoms with van der Waals surface area (Å²) < 4.78 is 23.3. The highest BCUT2D eigenvalue weighted by atomic mass is 16.6. The highest BCUT2D eigenvalue weighted by Crippen LogP contribution is 2.42. The molecule has 3 fully saturated rings.